The van der Waals surface area contributed by atoms with E-state index in [2.05, 4.69) is 164 Å². The van der Waals surface area contributed by atoms with Crippen LogP contribution in [0, 0.1) is 0 Å². The average Bonchev–Trinajstić information content (AvgIpc) is 3.55. The number of pyridine rings is 2. The number of rotatable bonds is 5. The summed E-state index contributed by atoms with van der Waals surface area (Å²) in [5.74, 6) is 0. The van der Waals surface area contributed by atoms with Crippen molar-refractivity contribution >= 4 is 42.4 Å². The smallest absolute Gasteiger partial charge is 0.0802 e. The molecule has 0 aliphatic rings. The standard InChI is InChI=1S/C44H28N2S/c1-4-13-29(14-5-1)34-27-38(31-15-6-2-7-16-31)45-39(28-34)32-25-23-30(24-26-32)35-20-12-21-37-41(35)44-42(36-19-10-11-22-40(36)47-44)43(46-37)33-17-8-3-9-18-33/h1-28H. The first-order valence-corrected chi connectivity index (χ1v) is 16.6. The summed E-state index contributed by atoms with van der Waals surface area (Å²) in [6.45, 7) is 0. The van der Waals surface area contributed by atoms with Crippen molar-refractivity contribution in [3.05, 3.63) is 170 Å². The van der Waals surface area contributed by atoms with Crippen molar-refractivity contribution in [1.29, 1.82) is 0 Å². The van der Waals surface area contributed by atoms with Gasteiger partial charge in [-0.25, -0.2) is 9.97 Å². The van der Waals surface area contributed by atoms with Gasteiger partial charge in [0.2, 0.25) is 0 Å². The van der Waals surface area contributed by atoms with Crippen LogP contribution < -0.4 is 0 Å². The molecule has 3 heteroatoms. The Bertz CT molecular complexity index is 2480. The van der Waals surface area contributed by atoms with Gasteiger partial charge in [0, 0.05) is 42.2 Å². The van der Waals surface area contributed by atoms with Crippen LogP contribution in [0.5, 0.6) is 0 Å². The maximum absolute atomic E-state index is 5.32. The molecule has 0 unspecified atom stereocenters. The molecule has 0 fully saturated rings. The van der Waals surface area contributed by atoms with Crippen molar-refractivity contribution in [3.63, 3.8) is 0 Å². The quantitative estimate of drug-likeness (QED) is 0.192. The minimum Gasteiger partial charge on any atom is -0.248 e. The lowest BCUT2D eigenvalue weighted by Crippen LogP contribution is -1.92. The van der Waals surface area contributed by atoms with Gasteiger partial charge in [0.05, 0.1) is 22.6 Å². The van der Waals surface area contributed by atoms with E-state index in [1.165, 1.54) is 36.7 Å². The fourth-order valence-corrected chi connectivity index (χ4v) is 7.88. The number of hydrogen-bond donors (Lipinski definition) is 0. The van der Waals surface area contributed by atoms with Crippen LogP contribution in [0.1, 0.15) is 0 Å². The molecule has 2 nitrogen and oxygen atoms in total. The van der Waals surface area contributed by atoms with Crippen molar-refractivity contribution in [3.8, 4) is 56.0 Å². The van der Waals surface area contributed by atoms with Crippen molar-refractivity contribution in [2.45, 2.75) is 0 Å². The van der Waals surface area contributed by atoms with Crippen LogP contribution in [-0.2, 0) is 0 Å². The zero-order valence-electron chi connectivity index (χ0n) is 25.5. The molecule has 3 heterocycles. The van der Waals surface area contributed by atoms with Gasteiger partial charge >= 0.3 is 0 Å². The lowest BCUT2D eigenvalue weighted by atomic mass is 9.95. The Balaban J connectivity index is 1.21. The first-order chi connectivity index (χ1) is 23.3. The predicted octanol–water partition coefficient (Wildman–Crippen LogP) is 12.3. The van der Waals surface area contributed by atoms with Gasteiger partial charge in [-0.05, 0) is 46.5 Å². The van der Waals surface area contributed by atoms with Gasteiger partial charge in [-0.3, -0.25) is 0 Å². The Morgan fingerprint density at radius 1 is 0.383 bits per heavy atom. The van der Waals surface area contributed by atoms with E-state index in [4.69, 9.17) is 9.97 Å². The van der Waals surface area contributed by atoms with Gasteiger partial charge in [0.15, 0.2) is 0 Å². The molecule has 0 saturated heterocycles. The molecule has 220 valence electrons. The summed E-state index contributed by atoms with van der Waals surface area (Å²) < 4.78 is 2.55. The van der Waals surface area contributed by atoms with E-state index in [0.29, 0.717) is 0 Å². The number of benzene rings is 6. The predicted molar refractivity (Wildman–Crippen MR) is 200 cm³/mol. The van der Waals surface area contributed by atoms with Gasteiger partial charge in [-0.2, -0.15) is 0 Å². The minimum absolute atomic E-state index is 0.954. The van der Waals surface area contributed by atoms with Crippen molar-refractivity contribution in [2.24, 2.45) is 0 Å². The van der Waals surface area contributed by atoms with Crippen molar-refractivity contribution in [1.82, 2.24) is 9.97 Å². The zero-order chi connectivity index (χ0) is 31.2. The second kappa shape index (κ2) is 11.5. The molecule has 9 rings (SSSR count). The molecule has 0 aliphatic heterocycles. The van der Waals surface area contributed by atoms with Gasteiger partial charge in [-0.15, -0.1) is 11.3 Å². The van der Waals surface area contributed by atoms with Crippen LogP contribution in [0.4, 0.5) is 0 Å². The summed E-state index contributed by atoms with van der Waals surface area (Å²) >= 11 is 1.86. The fourth-order valence-electron chi connectivity index (χ4n) is 6.60. The lowest BCUT2D eigenvalue weighted by Gasteiger charge is -2.13. The minimum atomic E-state index is 0.954. The number of hydrogen-bond acceptors (Lipinski definition) is 3. The molecular formula is C44H28N2S. The topological polar surface area (TPSA) is 25.8 Å². The van der Waals surface area contributed by atoms with Gasteiger partial charge < -0.3 is 0 Å². The molecule has 6 aromatic carbocycles. The van der Waals surface area contributed by atoms with E-state index >= 15 is 0 Å². The number of nitrogens with zero attached hydrogens (tertiary/aromatic N) is 2. The third-order valence-corrected chi connectivity index (χ3v) is 10.1. The fraction of sp³-hybridized carbons (Fsp3) is 0. The Hall–Kier alpha value is -5.90. The second-order valence-electron chi connectivity index (χ2n) is 11.8. The normalized spacial score (nSPS) is 11.4. The summed E-state index contributed by atoms with van der Waals surface area (Å²) in [5, 5.41) is 3.68. The highest BCUT2D eigenvalue weighted by Gasteiger charge is 2.19. The molecule has 0 aliphatic carbocycles. The van der Waals surface area contributed by atoms with Gasteiger partial charge in [0.1, 0.15) is 0 Å². The second-order valence-corrected chi connectivity index (χ2v) is 12.8. The third-order valence-electron chi connectivity index (χ3n) is 8.87. The summed E-state index contributed by atoms with van der Waals surface area (Å²) in [7, 11) is 0. The van der Waals surface area contributed by atoms with Crippen LogP contribution in [0.15, 0.2) is 170 Å². The molecule has 0 atom stereocenters. The molecule has 0 saturated carbocycles. The molecule has 0 spiro atoms. The van der Waals surface area contributed by atoms with Crippen LogP contribution >= 0.6 is 11.3 Å². The first-order valence-electron chi connectivity index (χ1n) is 15.8. The molecule has 0 N–H and O–H groups in total. The SMILES string of the molecule is c1ccc(-c2cc(-c3ccccc3)nc(-c3ccc(-c4cccc5nc(-c6ccccc6)c6c7ccccc7sc6c45)cc3)c2)cc1. The highest BCUT2D eigenvalue weighted by molar-refractivity contribution is 7.26. The molecular weight excluding hydrogens is 589 g/mol. The Kier molecular flexibility index (Phi) is 6.69. The summed E-state index contributed by atoms with van der Waals surface area (Å²) in [4.78, 5) is 10.5. The first kappa shape index (κ1) is 27.4. The Morgan fingerprint density at radius 3 is 1.66 bits per heavy atom. The summed E-state index contributed by atoms with van der Waals surface area (Å²) in [5.41, 5.74) is 12.0. The molecule has 3 aromatic heterocycles. The number of thiophene rings is 1. The number of aromatic nitrogens is 2. The van der Waals surface area contributed by atoms with Gasteiger partial charge in [-0.1, -0.05) is 146 Å². The summed E-state index contributed by atoms with van der Waals surface area (Å²) in [6.07, 6.45) is 0. The summed E-state index contributed by atoms with van der Waals surface area (Å²) in [6, 6.07) is 60.0. The molecule has 9 aromatic rings. The van der Waals surface area contributed by atoms with Crippen molar-refractivity contribution in [2.75, 3.05) is 0 Å². The third kappa shape index (κ3) is 4.89. The van der Waals surface area contributed by atoms with E-state index < -0.39 is 0 Å². The maximum atomic E-state index is 5.32. The van der Waals surface area contributed by atoms with Crippen LogP contribution in [0.2, 0.25) is 0 Å². The molecule has 0 radical (unpaired) electrons. The maximum Gasteiger partial charge on any atom is 0.0802 e. The van der Waals surface area contributed by atoms with Crippen LogP contribution in [0.3, 0.4) is 0 Å². The monoisotopic (exact) mass is 616 g/mol. The Morgan fingerprint density at radius 2 is 0.957 bits per heavy atom. The van der Waals surface area contributed by atoms with Gasteiger partial charge in [0.25, 0.3) is 0 Å². The number of fused-ring (bicyclic) bond motifs is 5. The highest BCUT2D eigenvalue weighted by Crippen LogP contribution is 2.45. The average molecular weight is 617 g/mol. The van der Waals surface area contributed by atoms with E-state index in [1.807, 2.05) is 17.4 Å². The van der Waals surface area contributed by atoms with E-state index in [9.17, 15) is 0 Å². The zero-order valence-corrected chi connectivity index (χ0v) is 26.3. The lowest BCUT2D eigenvalue weighted by molar-refractivity contribution is 1.32. The van der Waals surface area contributed by atoms with Crippen LogP contribution in [0.25, 0.3) is 87.1 Å². The largest absolute Gasteiger partial charge is 0.248 e. The molecule has 0 amide bonds. The van der Waals surface area contributed by atoms with E-state index in [1.54, 1.807) is 0 Å². The molecule has 47 heavy (non-hydrogen) atoms. The molecule has 0 bridgehead atoms. The van der Waals surface area contributed by atoms with E-state index in [-0.39, 0.29) is 0 Å². The Labute approximate surface area is 277 Å². The highest BCUT2D eigenvalue weighted by atomic mass is 32.1. The van der Waals surface area contributed by atoms with E-state index in [0.717, 1.165) is 50.4 Å². The van der Waals surface area contributed by atoms with Crippen molar-refractivity contribution < 1.29 is 0 Å². The van der Waals surface area contributed by atoms with Crippen LogP contribution in [-0.4, -0.2) is 9.97 Å².